The van der Waals surface area contributed by atoms with Gasteiger partial charge >= 0.3 is 5.97 Å². The van der Waals surface area contributed by atoms with Gasteiger partial charge in [0.25, 0.3) is 0 Å². The number of rotatable bonds is 3. The minimum absolute atomic E-state index is 0.123. The second kappa shape index (κ2) is 5.91. The van der Waals surface area contributed by atoms with E-state index >= 15 is 0 Å². The number of carbonyl (C=O) groups is 1. The first-order chi connectivity index (χ1) is 9.75. The highest BCUT2D eigenvalue weighted by atomic mass is 16.5. The van der Waals surface area contributed by atoms with Gasteiger partial charge in [0, 0.05) is 19.1 Å². The van der Waals surface area contributed by atoms with Gasteiger partial charge in [-0.05, 0) is 25.7 Å². The van der Waals surface area contributed by atoms with Crippen molar-refractivity contribution in [3.63, 3.8) is 0 Å². The van der Waals surface area contributed by atoms with Crippen LogP contribution >= 0.6 is 0 Å². The van der Waals surface area contributed by atoms with E-state index in [1.807, 2.05) is 0 Å². The third-order valence-corrected chi connectivity index (χ3v) is 4.44. The molecule has 1 saturated carbocycles. The number of aromatic nitrogens is 2. The van der Waals surface area contributed by atoms with Crippen LogP contribution < -0.4 is 0 Å². The van der Waals surface area contributed by atoms with Crippen molar-refractivity contribution in [1.82, 2.24) is 10.1 Å². The number of nitrogens with zero attached hydrogens (tertiary/aromatic N) is 2. The quantitative estimate of drug-likeness (QED) is 0.914. The SMILES string of the molecule is O=C(O)C1CCCCC1c1nc(C2CCOCC2)no1. The Morgan fingerprint density at radius 3 is 2.65 bits per heavy atom. The largest absolute Gasteiger partial charge is 0.481 e. The van der Waals surface area contributed by atoms with E-state index in [9.17, 15) is 9.90 Å². The lowest BCUT2D eigenvalue weighted by Crippen LogP contribution is -2.25. The van der Waals surface area contributed by atoms with Crippen molar-refractivity contribution in [2.24, 2.45) is 5.92 Å². The molecule has 1 aromatic heterocycles. The molecule has 2 fully saturated rings. The Bertz CT molecular complexity index is 467. The fourth-order valence-electron chi connectivity index (χ4n) is 3.24. The predicted octanol–water partition coefficient (Wildman–Crippen LogP) is 2.32. The van der Waals surface area contributed by atoms with Crippen LogP contribution in [0.25, 0.3) is 0 Å². The summed E-state index contributed by atoms with van der Waals surface area (Å²) in [7, 11) is 0. The molecule has 1 aromatic rings. The zero-order valence-corrected chi connectivity index (χ0v) is 11.5. The van der Waals surface area contributed by atoms with Crippen molar-refractivity contribution in [1.29, 1.82) is 0 Å². The summed E-state index contributed by atoms with van der Waals surface area (Å²) >= 11 is 0. The number of hydrogen-bond acceptors (Lipinski definition) is 5. The van der Waals surface area contributed by atoms with Crippen LogP contribution in [0.4, 0.5) is 0 Å². The van der Waals surface area contributed by atoms with Crippen LogP contribution in [0.15, 0.2) is 4.52 Å². The first-order valence-electron chi connectivity index (χ1n) is 7.39. The molecular formula is C14H20N2O4. The molecule has 1 N–H and O–H groups in total. The average molecular weight is 280 g/mol. The maximum atomic E-state index is 11.3. The summed E-state index contributed by atoms with van der Waals surface area (Å²) in [5.74, 6) is 0.263. The smallest absolute Gasteiger partial charge is 0.307 e. The molecule has 1 aliphatic carbocycles. The van der Waals surface area contributed by atoms with Gasteiger partial charge in [-0.2, -0.15) is 4.98 Å². The summed E-state index contributed by atoms with van der Waals surface area (Å²) in [6.07, 6.45) is 5.34. The number of hydrogen-bond donors (Lipinski definition) is 1. The Labute approximate surface area is 117 Å². The predicted molar refractivity (Wildman–Crippen MR) is 69.4 cm³/mol. The Balaban J connectivity index is 1.76. The van der Waals surface area contributed by atoms with E-state index in [0.717, 1.165) is 51.1 Å². The first kappa shape index (κ1) is 13.5. The van der Waals surface area contributed by atoms with Crippen LogP contribution in [0.2, 0.25) is 0 Å². The number of aliphatic carboxylic acids is 1. The normalized spacial score (nSPS) is 28.4. The molecule has 20 heavy (non-hydrogen) atoms. The third-order valence-electron chi connectivity index (χ3n) is 4.44. The van der Waals surface area contributed by atoms with Gasteiger partial charge in [-0.1, -0.05) is 18.0 Å². The van der Waals surface area contributed by atoms with Crippen molar-refractivity contribution in [3.8, 4) is 0 Å². The summed E-state index contributed by atoms with van der Waals surface area (Å²) in [5, 5.41) is 13.4. The Hall–Kier alpha value is -1.43. The van der Waals surface area contributed by atoms with Crippen LogP contribution in [0.1, 0.15) is 62.1 Å². The van der Waals surface area contributed by atoms with Crippen LogP contribution in [-0.4, -0.2) is 34.4 Å². The minimum Gasteiger partial charge on any atom is -0.481 e. The molecule has 0 amide bonds. The molecule has 2 aliphatic rings. The lowest BCUT2D eigenvalue weighted by molar-refractivity contribution is -0.143. The van der Waals surface area contributed by atoms with E-state index < -0.39 is 5.97 Å². The Morgan fingerprint density at radius 2 is 1.90 bits per heavy atom. The van der Waals surface area contributed by atoms with Gasteiger partial charge in [-0.15, -0.1) is 0 Å². The Morgan fingerprint density at radius 1 is 1.15 bits per heavy atom. The van der Waals surface area contributed by atoms with Crippen molar-refractivity contribution in [3.05, 3.63) is 11.7 Å². The molecule has 1 saturated heterocycles. The van der Waals surface area contributed by atoms with Gasteiger partial charge in [0.1, 0.15) is 0 Å². The molecule has 0 radical (unpaired) electrons. The van der Waals surface area contributed by atoms with Crippen LogP contribution in [0.5, 0.6) is 0 Å². The topological polar surface area (TPSA) is 85.5 Å². The Kier molecular flexibility index (Phi) is 4.00. The van der Waals surface area contributed by atoms with Crippen LogP contribution in [0, 0.1) is 5.92 Å². The molecule has 2 heterocycles. The second-order valence-electron chi connectivity index (χ2n) is 5.71. The summed E-state index contributed by atoms with van der Waals surface area (Å²) in [6.45, 7) is 1.46. The molecule has 6 heteroatoms. The average Bonchev–Trinajstić information content (AvgIpc) is 2.98. The van der Waals surface area contributed by atoms with E-state index in [-0.39, 0.29) is 17.8 Å². The highest BCUT2D eigenvalue weighted by Gasteiger charge is 2.36. The van der Waals surface area contributed by atoms with Crippen LogP contribution in [0.3, 0.4) is 0 Å². The maximum Gasteiger partial charge on any atom is 0.307 e. The summed E-state index contributed by atoms with van der Waals surface area (Å²) in [5.41, 5.74) is 0. The molecule has 0 spiro atoms. The van der Waals surface area contributed by atoms with Crippen molar-refractivity contribution in [2.75, 3.05) is 13.2 Å². The molecule has 110 valence electrons. The van der Waals surface area contributed by atoms with Crippen molar-refractivity contribution in [2.45, 2.75) is 50.4 Å². The standard InChI is InChI=1S/C14H20N2O4/c17-14(18)11-4-2-1-3-10(11)13-15-12(16-20-13)9-5-7-19-8-6-9/h9-11H,1-8H2,(H,17,18). The summed E-state index contributed by atoms with van der Waals surface area (Å²) in [6, 6.07) is 0. The minimum atomic E-state index is -0.750. The monoisotopic (exact) mass is 280 g/mol. The molecular weight excluding hydrogens is 260 g/mol. The molecule has 6 nitrogen and oxygen atoms in total. The maximum absolute atomic E-state index is 11.3. The van der Waals surface area contributed by atoms with Gasteiger partial charge in [-0.25, -0.2) is 0 Å². The molecule has 3 rings (SSSR count). The van der Waals surface area contributed by atoms with E-state index in [1.165, 1.54) is 0 Å². The molecule has 1 aliphatic heterocycles. The van der Waals surface area contributed by atoms with E-state index in [4.69, 9.17) is 9.26 Å². The fourth-order valence-corrected chi connectivity index (χ4v) is 3.24. The number of carboxylic acid groups (broad SMARTS) is 1. The number of carboxylic acids is 1. The summed E-state index contributed by atoms with van der Waals surface area (Å²) < 4.78 is 10.7. The summed E-state index contributed by atoms with van der Waals surface area (Å²) in [4.78, 5) is 15.8. The molecule has 0 bridgehead atoms. The van der Waals surface area contributed by atoms with Gasteiger partial charge in [0.15, 0.2) is 5.82 Å². The van der Waals surface area contributed by atoms with Crippen molar-refractivity contribution >= 4 is 5.97 Å². The molecule has 2 unspecified atom stereocenters. The van der Waals surface area contributed by atoms with E-state index in [0.29, 0.717) is 12.3 Å². The van der Waals surface area contributed by atoms with E-state index in [2.05, 4.69) is 10.1 Å². The van der Waals surface area contributed by atoms with Gasteiger partial charge in [-0.3, -0.25) is 4.79 Å². The van der Waals surface area contributed by atoms with Gasteiger partial charge in [0.05, 0.1) is 11.8 Å². The zero-order valence-electron chi connectivity index (χ0n) is 11.5. The van der Waals surface area contributed by atoms with Crippen molar-refractivity contribution < 1.29 is 19.2 Å². The third kappa shape index (κ3) is 2.70. The highest BCUT2D eigenvalue weighted by molar-refractivity contribution is 5.71. The van der Waals surface area contributed by atoms with Gasteiger partial charge < -0.3 is 14.4 Å². The lowest BCUT2D eigenvalue weighted by atomic mass is 9.79. The van der Waals surface area contributed by atoms with Crippen LogP contribution in [-0.2, 0) is 9.53 Å². The second-order valence-corrected chi connectivity index (χ2v) is 5.71. The highest BCUT2D eigenvalue weighted by Crippen LogP contribution is 2.38. The fraction of sp³-hybridized carbons (Fsp3) is 0.786. The zero-order chi connectivity index (χ0) is 13.9. The molecule has 0 aromatic carbocycles. The lowest BCUT2D eigenvalue weighted by Gasteiger charge is -2.25. The molecule has 2 atom stereocenters. The van der Waals surface area contributed by atoms with Gasteiger partial charge in [0.2, 0.25) is 5.89 Å². The number of ether oxygens (including phenoxy) is 1. The van der Waals surface area contributed by atoms with E-state index in [1.54, 1.807) is 0 Å². The first-order valence-corrected chi connectivity index (χ1v) is 7.39.